The molecule has 1 fully saturated rings. The van der Waals surface area contributed by atoms with Crippen LogP contribution in [-0.2, 0) is 15.7 Å². The summed E-state index contributed by atoms with van der Waals surface area (Å²) in [5.74, 6) is -0.732. The van der Waals surface area contributed by atoms with E-state index in [0.717, 1.165) is 31.4 Å². The summed E-state index contributed by atoms with van der Waals surface area (Å²) in [6.07, 6.45) is -1.82. The van der Waals surface area contributed by atoms with Crippen molar-refractivity contribution in [1.29, 1.82) is 0 Å². The number of rotatable bonds is 8. The van der Waals surface area contributed by atoms with Crippen molar-refractivity contribution in [1.82, 2.24) is 10.2 Å². The standard InChI is InChI=1S/C21H29F3N2O3/c1-4-5-9-29-17-11-18(14(2)3)26(13-17)19(27)12-25-20(28)15-7-6-8-16(10-15)21(22,23)24/h6-8,10,14,17-18H,4-5,9,11-13H2,1-3H3,(H,25,28)/t17-,18+/m1/s1. The van der Waals surface area contributed by atoms with Crippen molar-refractivity contribution in [3.8, 4) is 0 Å². The molecule has 0 aliphatic carbocycles. The van der Waals surface area contributed by atoms with E-state index in [4.69, 9.17) is 4.74 Å². The van der Waals surface area contributed by atoms with Gasteiger partial charge in [0.2, 0.25) is 5.91 Å². The fraction of sp³-hybridized carbons (Fsp3) is 0.619. The number of likely N-dealkylation sites (tertiary alicyclic amines) is 1. The normalized spacial score (nSPS) is 19.6. The maximum atomic E-state index is 12.8. The summed E-state index contributed by atoms with van der Waals surface area (Å²) >= 11 is 0. The number of nitrogens with one attached hydrogen (secondary N) is 1. The van der Waals surface area contributed by atoms with Gasteiger partial charge in [0.1, 0.15) is 0 Å². The molecule has 162 valence electrons. The first-order chi connectivity index (χ1) is 13.6. The predicted octanol–water partition coefficient (Wildman–Crippen LogP) is 3.88. The number of amides is 2. The number of alkyl halides is 3. The molecule has 1 saturated heterocycles. The van der Waals surface area contributed by atoms with Crippen LogP contribution in [0.1, 0.15) is 56.0 Å². The first-order valence-electron chi connectivity index (χ1n) is 10.00. The summed E-state index contributed by atoms with van der Waals surface area (Å²) in [4.78, 5) is 26.6. The van der Waals surface area contributed by atoms with Gasteiger partial charge in [-0.15, -0.1) is 0 Å². The van der Waals surface area contributed by atoms with E-state index >= 15 is 0 Å². The summed E-state index contributed by atoms with van der Waals surface area (Å²) in [6, 6.07) is 4.16. The smallest absolute Gasteiger partial charge is 0.376 e. The Morgan fingerprint density at radius 3 is 2.66 bits per heavy atom. The van der Waals surface area contributed by atoms with Gasteiger partial charge in [0, 0.05) is 24.8 Å². The molecule has 2 amide bonds. The van der Waals surface area contributed by atoms with E-state index in [2.05, 4.69) is 12.2 Å². The van der Waals surface area contributed by atoms with E-state index in [1.54, 1.807) is 4.90 Å². The Morgan fingerprint density at radius 1 is 1.31 bits per heavy atom. The van der Waals surface area contributed by atoms with Gasteiger partial charge in [-0.3, -0.25) is 9.59 Å². The molecule has 0 bridgehead atoms. The molecule has 0 aromatic heterocycles. The number of benzene rings is 1. The van der Waals surface area contributed by atoms with Gasteiger partial charge in [0.15, 0.2) is 0 Å². The molecule has 0 spiro atoms. The zero-order valence-corrected chi connectivity index (χ0v) is 17.1. The second-order valence-corrected chi connectivity index (χ2v) is 7.70. The van der Waals surface area contributed by atoms with Gasteiger partial charge in [-0.1, -0.05) is 33.3 Å². The highest BCUT2D eigenvalue weighted by Crippen LogP contribution is 2.29. The van der Waals surface area contributed by atoms with E-state index < -0.39 is 17.6 Å². The molecular formula is C21H29F3N2O3. The van der Waals surface area contributed by atoms with Crippen molar-refractivity contribution in [2.75, 3.05) is 19.7 Å². The first kappa shape index (κ1) is 23.2. The molecule has 1 aromatic rings. The molecule has 29 heavy (non-hydrogen) atoms. The Morgan fingerprint density at radius 2 is 2.03 bits per heavy atom. The molecule has 5 nitrogen and oxygen atoms in total. The number of carbonyl (C=O) groups excluding carboxylic acids is 2. The lowest BCUT2D eigenvalue weighted by molar-refractivity contribution is -0.137. The van der Waals surface area contributed by atoms with Crippen LogP contribution in [0.3, 0.4) is 0 Å². The molecular weight excluding hydrogens is 385 g/mol. The highest BCUT2D eigenvalue weighted by atomic mass is 19.4. The van der Waals surface area contributed by atoms with Crippen LogP contribution in [0.15, 0.2) is 24.3 Å². The largest absolute Gasteiger partial charge is 0.416 e. The molecule has 0 unspecified atom stereocenters. The number of unbranched alkanes of at least 4 members (excludes halogenated alkanes) is 1. The van der Waals surface area contributed by atoms with Crippen LogP contribution in [0.25, 0.3) is 0 Å². The quantitative estimate of drug-likeness (QED) is 0.657. The number of halogens is 3. The zero-order chi connectivity index (χ0) is 21.6. The van der Waals surface area contributed by atoms with E-state index in [9.17, 15) is 22.8 Å². The molecule has 1 aromatic carbocycles. The van der Waals surface area contributed by atoms with Crippen LogP contribution in [0, 0.1) is 5.92 Å². The fourth-order valence-corrected chi connectivity index (χ4v) is 3.46. The summed E-state index contributed by atoms with van der Waals surface area (Å²) in [5.41, 5.74) is -1.03. The van der Waals surface area contributed by atoms with E-state index in [1.807, 2.05) is 13.8 Å². The minimum Gasteiger partial charge on any atom is -0.376 e. The van der Waals surface area contributed by atoms with Crippen molar-refractivity contribution in [3.05, 3.63) is 35.4 Å². The van der Waals surface area contributed by atoms with Crippen LogP contribution in [-0.4, -0.2) is 48.6 Å². The molecule has 1 N–H and O–H groups in total. The maximum Gasteiger partial charge on any atom is 0.416 e. The molecule has 2 atom stereocenters. The number of hydrogen-bond donors (Lipinski definition) is 1. The average Bonchev–Trinajstić information content (AvgIpc) is 3.10. The Balaban J connectivity index is 1.95. The van der Waals surface area contributed by atoms with Gasteiger partial charge in [-0.05, 0) is 37.0 Å². The highest BCUT2D eigenvalue weighted by molar-refractivity contribution is 5.96. The summed E-state index contributed by atoms with van der Waals surface area (Å²) in [5, 5.41) is 2.44. The van der Waals surface area contributed by atoms with Gasteiger partial charge < -0.3 is 15.0 Å². The Hall–Kier alpha value is -2.09. The fourth-order valence-electron chi connectivity index (χ4n) is 3.46. The molecule has 0 radical (unpaired) electrons. The average molecular weight is 414 g/mol. The Labute approximate surface area is 169 Å². The van der Waals surface area contributed by atoms with Crippen LogP contribution < -0.4 is 5.32 Å². The molecule has 0 saturated carbocycles. The molecule has 1 aliphatic heterocycles. The van der Waals surface area contributed by atoms with Crippen molar-refractivity contribution < 1.29 is 27.5 Å². The minimum atomic E-state index is -4.53. The number of nitrogens with zero attached hydrogens (tertiary/aromatic N) is 1. The van der Waals surface area contributed by atoms with Crippen LogP contribution in [0.4, 0.5) is 13.2 Å². The summed E-state index contributed by atoms with van der Waals surface area (Å²) in [7, 11) is 0. The lowest BCUT2D eigenvalue weighted by atomic mass is 10.0. The van der Waals surface area contributed by atoms with E-state index in [-0.39, 0.29) is 36.1 Å². The van der Waals surface area contributed by atoms with E-state index in [0.29, 0.717) is 13.2 Å². The highest BCUT2D eigenvalue weighted by Gasteiger charge is 2.37. The van der Waals surface area contributed by atoms with Crippen LogP contribution in [0.5, 0.6) is 0 Å². The van der Waals surface area contributed by atoms with Crippen molar-refractivity contribution in [2.45, 2.75) is 58.4 Å². The third-order valence-corrected chi connectivity index (χ3v) is 5.10. The molecule has 8 heteroatoms. The third kappa shape index (κ3) is 6.45. The van der Waals surface area contributed by atoms with Gasteiger partial charge >= 0.3 is 6.18 Å². The van der Waals surface area contributed by atoms with Crippen molar-refractivity contribution in [2.24, 2.45) is 5.92 Å². The lowest BCUT2D eigenvalue weighted by Gasteiger charge is -2.27. The second kappa shape index (κ2) is 10.1. The van der Waals surface area contributed by atoms with Gasteiger partial charge in [0.25, 0.3) is 5.91 Å². The van der Waals surface area contributed by atoms with E-state index in [1.165, 1.54) is 12.1 Å². The van der Waals surface area contributed by atoms with Gasteiger partial charge in [0.05, 0.1) is 18.2 Å². The maximum absolute atomic E-state index is 12.8. The first-order valence-corrected chi connectivity index (χ1v) is 10.00. The predicted molar refractivity (Wildman–Crippen MR) is 103 cm³/mol. The monoisotopic (exact) mass is 414 g/mol. The van der Waals surface area contributed by atoms with Crippen LogP contribution >= 0.6 is 0 Å². The summed E-state index contributed by atoms with van der Waals surface area (Å²) in [6.45, 7) is 6.99. The minimum absolute atomic E-state index is 0.0135. The van der Waals surface area contributed by atoms with Gasteiger partial charge in [-0.2, -0.15) is 13.2 Å². The topological polar surface area (TPSA) is 58.6 Å². The third-order valence-electron chi connectivity index (χ3n) is 5.10. The lowest BCUT2D eigenvalue weighted by Crippen LogP contribution is -2.44. The molecule has 2 rings (SSSR count). The van der Waals surface area contributed by atoms with Crippen molar-refractivity contribution in [3.63, 3.8) is 0 Å². The number of hydrogen-bond acceptors (Lipinski definition) is 3. The molecule has 1 aliphatic rings. The summed E-state index contributed by atoms with van der Waals surface area (Å²) < 4.78 is 44.3. The molecule has 1 heterocycles. The Bertz CT molecular complexity index is 707. The van der Waals surface area contributed by atoms with Crippen LogP contribution in [0.2, 0.25) is 0 Å². The number of carbonyl (C=O) groups is 2. The SMILES string of the molecule is CCCCO[C@@H]1C[C@@H](C(C)C)N(C(=O)CNC(=O)c2cccc(C(F)(F)F)c2)C1. The van der Waals surface area contributed by atoms with Gasteiger partial charge in [-0.25, -0.2) is 0 Å². The second-order valence-electron chi connectivity index (χ2n) is 7.70. The Kier molecular flexibility index (Phi) is 8.07. The van der Waals surface area contributed by atoms with Crippen molar-refractivity contribution >= 4 is 11.8 Å². The zero-order valence-electron chi connectivity index (χ0n) is 17.1. The number of ether oxygens (including phenoxy) is 1.